The predicted octanol–water partition coefficient (Wildman–Crippen LogP) is 10.4. The number of hydrogen-bond acceptors (Lipinski definition) is 3. The van der Waals surface area contributed by atoms with E-state index in [4.69, 9.17) is 5.73 Å². The molecule has 45 heavy (non-hydrogen) atoms. The SMILES string of the molecule is CC(c1ccccc1)c1ccccc1.CN.Cc1ccc(N(C)c2ccccc2)c(-c2ccccc2)c1N.Cc1ccccc1. The maximum absolute atomic E-state index is 6.40. The van der Waals surface area contributed by atoms with Crippen LogP contribution < -0.4 is 16.4 Å². The van der Waals surface area contributed by atoms with Gasteiger partial charge in [0.1, 0.15) is 0 Å². The quantitative estimate of drug-likeness (QED) is 0.196. The van der Waals surface area contributed by atoms with E-state index < -0.39 is 0 Å². The predicted molar refractivity (Wildman–Crippen MR) is 197 cm³/mol. The lowest BCUT2D eigenvalue weighted by Gasteiger charge is -2.24. The highest BCUT2D eigenvalue weighted by Crippen LogP contribution is 2.39. The molecular weight excluding hydrogens is 546 g/mol. The minimum Gasteiger partial charge on any atom is -0.398 e. The van der Waals surface area contributed by atoms with Crippen molar-refractivity contribution >= 4 is 17.1 Å². The van der Waals surface area contributed by atoms with Crippen LogP contribution in [0, 0.1) is 13.8 Å². The Morgan fingerprint density at radius 2 is 0.911 bits per heavy atom. The minimum atomic E-state index is 0.484. The van der Waals surface area contributed by atoms with Crippen molar-refractivity contribution in [2.75, 3.05) is 24.7 Å². The molecule has 0 fully saturated rings. The Labute approximate surface area is 270 Å². The topological polar surface area (TPSA) is 55.3 Å². The minimum absolute atomic E-state index is 0.484. The third-order valence-electron chi connectivity index (χ3n) is 7.55. The lowest BCUT2D eigenvalue weighted by molar-refractivity contribution is 0.922. The summed E-state index contributed by atoms with van der Waals surface area (Å²) in [5.74, 6) is 0.484. The van der Waals surface area contributed by atoms with Crippen LogP contribution in [0.2, 0.25) is 0 Å². The molecule has 3 nitrogen and oxygen atoms in total. The fourth-order valence-corrected chi connectivity index (χ4v) is 4.90. The van der Waals surface area contributed by atoms with E-state index in [0.717, 1.165) is 33.8 Å². The molecule has 0 aromatic heterocycles. The van der Waals surface area contributed by atoms with Crippen LogP contribution in [0.3, 0.4) is 0 Å². The summed E-state index contributed by atoms with van der Waals surface area (Å²) in [6, 6.07) is 56.3. The number of nitrogen functional groups attached to an aromatic ring is 1. The third-order valence-corrected chi connectivity index (χ3v) is 7.55. The van der Waals surface area contributed by atoms with Gasteiger partial charge in [0.2, 0.25) is 0 Å². The lowest BCUT2D eigenvalue weighted by Crippen LogP contribution is -2.12. The van der Waals surface area contributed by atoms with Crippen LogP contribution in [-0.4, -0.2) is 14.1 Å². The number of rotatable bonds is 5. The Bertz CT molecular complexity index is 1600. The van der Waals surface area contributed by atoms with Gasteiger partial charge in [-0.1, -0.05) is 158 Å². The van der Waals surface area contributed by atoms with Gasteiger partial charge in [0.25, 0.3) is 0 Å². The normalized spacial score (nSPS) is 9.84. The lowest BCUT2D eigenvalue weighted by atomic mass is 9.93. The van der Waals surface area contributed by atoms with Gasteiger partial charge in [-0.2, -0.15) is 0 Å². The number of nitrogens with zero attached hydrogens (tertiary/aromatic N) is 1. The zero-order valence-corrected chi connectivity index (χ0v) is 27.3. The van der Waals surface area contributed by atoms with E-state index in [1.165, 1.54) is 23.7 Å². The van der Waals surface area contributed by atoms with E-state index in [0.29, 0.717) is 5.92 Å². The number of anilines is 3. The molecule has 0 bridgehead atoms. The fraction of sp³-hybridized carbons (Fsp3) is 0.143. The van der Waals surface area contributed by atoms with E-state index in [-0.39, 0.29) is 0 Å². The van der Waals surface area contributed by atoms with Crippen LogP contribution in [0.15, 0.2) is 164 Å². The van der Waals surface area contributed by atoms with Crippen molar-refractivity contribution in [1.29, 1.82) is 0 Å². The van der Waals surface area contributed by atoms with E-state index in [1.807, 2.05) is 61.5 Å². The molecule has 0 aliphatic carbocycles. The Morgan fingerprint density at radius 3 is 1.33 bits per heavy atom. The smallest absolute Gasteiger partial charge is 0.0508 e. The molecule has 4 N–H and O–H groups in total. The molecule has 0 aliphatic heterocycles. The second-order valence-electron chi connectivity index (χ2n) is 10.6. The Hall–Kier alpha value is -5.12. The molecule has 0 unspecified atom stereocenters. The molecule has 0 atom stereocenters. The molecule has 0 aliphatic rings. The van der Waals surface area contributed by atoms with Gasteiger partial charge in [-0.15, -0.1) is 0 Å². The Kier molecular flexibility index (Phi) is 14.1. The van der Waals surface area contributed by atoms with Crippen LogP contribution in [0.4, 0.5) is 17.1 Å². The zero-order valence-electron chi connectivity index (χ0n) is 27.3. The standard InChI is InChI=1S/C20H20N2.C14H14.C7H8.CH5N/c1-15-13-14-18(22(2)17-11-7-4-8-12-17)19(20(15)21)16-9-5-3-6-10-16;1-12(13-8-4-2-5-9-13)14-10-6-3-7-11-14;1-7-5-3-2-4-6-7;1-2/h3-14H,21H2,1-2H3;2-12H,1H3;2-6H,1H3;2H2,1H3. The summed E-state index contributed by atoms with van der Waals surface area (Å²) in [5.41, 5.74) is 21.4. The van der Waals surface area contributed by atoms with Crippen LogP contribution in [-0.2, 0) is 0 Å². The third kappa shape index (κ3) is 10.2. The van der Waals surface area contributed by atoms with E-state index in [2.05, 4.69) is 141 Å². The van der Waals surface area contributed by atoms with Gasteiger partial charge < -0.3 is 16.4 Å². The first-order valence-corrected chi connectivity index (χ1v) is 15.4. The monoisotopic (exact) mass is 593 g/mol. The first-order valence-electron chi connectivity index (χ1n) is 15.4. The highest BCUT2D eigenvalue weighted by atomic mass is 15.1. The van der Waals surface area contributed by atoms with Crippen molar-refractivity contribution in [3.05, 3.63) is 186 Å². The number of benzene rings is 6. The van der Waals surface area contributed by atoms with E-state index in [1.54, 1.807) is 0 Å². The van der Waals surface area contributed by atoms with Crippen molar-refractivity contribution in [3.8, 4) is 11.1 Å². The summed E-state index contributed by atoms with van der Waals surface area (Å²) >= 11 is 0. The molecule has 0 saturated heterocycles. The Balaban J connectivity index is 0.000000204. The van der Waals surface area contributed by atoms with Gasteiger partial charge in [0, 0.05) is 29.9 Å². The summed E-state index contributed by atoms with van der Waals surface area (Å²) < 4.78 is 0. The van der Waals surface area contributed by atoms with Crippen molar-refractivity contribution in [3.63, 3.8) is 0 Å². The van der Waals surface area contributed by atoms with Crippen molar-refractivity contribution in [2.24, 2.45) is 5.73 Å². The van der Waals surface area contributed by atoms with Crippen LogP contribution >= 0.6 is 0 Å². The molecule has 3 heteroatoms. The number of hydrogen-bond donors (Lipinski definition) is 2. The molecule has 6 aromatic rings. The van der Waals surface area contributed by atoms with Crippen LogP contribution in [0.25, 0.3) is 11.1 Å². The van der Waals surface area contributed by atoms with Gasteiger partial charge in [0.05, 0.1) is 5.69 Å². The van der Waals surface area contributed by atoms with Crippen LogP contribution in [0.5, 0.6) is 0 Å². The highest BCUT2D eigenvalue weighted by molar-refractivity contribution is 5.91. The summed E-state index contributed by atoms with van der Waals surface area (Å²) in [4.78, 5) is 2.18. The molecule has 6 rings (SSSR count). The molecule has 0 radical (unpaired) electrons. The molecule has 230 valence electrons. The molecule has 0 saturated carbocycles. The van der Waals surface area contributed by atoms with Gasteiger partial charge in [-0.3, -0.25) is 0 Å². The van der Waals surface area contributed by atoms with Crippen molar-refractivity contribution < 1.29 is 0 Å². The summed E-state index contributed by atoms with van der Waals surface area (Å²) in [7, 11) is 3.58. The van der Waals surface area contributed by atoms with Crippen LogP contribution in [0.1, 0.15) is 35.1 Å². The van der Waals surface area contributed by atoms with Gasteiger partial charge >= 0.3 is 0 Å². The first kappa shape index (κ1) is 34.4. The average Bonchev–Trinajstić information content (AvgIpc) is 3.12. The summed E-state index contributed by atoms with van der Waals surface area (Å²) in [6.07, 6.45) is 0. The second-order valence-corrected chi connectivity index (χ2v) is 10.6. The van der Waals surface area contributed by atoms with Gasteiger partial charge in [0.15, 0.2) is 0 Å². The van der Waals surface area contributed by atoms with Crippen molar-refractivity contribution in [1.82, 2.24) is 0 Å². The zero-order chi connectivity index (χ0) is 32.4. The van der Waals surface area contributed by atoms with Crippen molar-refractivity contribution in [2.45, 2.75) is 26.7 Å². The highest BCUT2D eigenvalue weighted by Gasteiger charge is 2.15. The molecule has 6 aromatic carbocycles. The first-order chi connectivity index (χ1) is 22.0. The maximum atomic E-state index is 6.40. The number of para-hydroxylation sites is 1. The Morgan fingerprint density at radius 1 is 0.511 bits per heavy atom. The largest absolute Gasteiger partial charge is 0.398 e. The summed E-state index contributed by atoms with van der Waals surface area (Å²) in [6.45, 7) is 6.37. The average molecular weight is 594 g/mol. The van der Waals surface area contributed by atoms with E-state index in [9.17, 15) is 0 Å². The molecular formula is C42H47N3. The fourth-order valence-electron chi connectivity index (χ4n) is 4.90. The second kappa shape index (κ2) is 18.5. The van der Waals surface area contributed by atoms with Gasteiger partial charge in [-0.25, -0.2) is 0 Å². The molecule has 0 heterocycles. The maximum Gasteiger partial charge on any atom is 0.0508 e. The molecule has 0 amide bonds. The summed E-state index contributed by atoms with van der Waals surface area (Å²) in [5, 5.41) is 0. The molecule has 0 spiro atoms. The van der Waals surface area contributed by atoms with E-state index >= 15 is 0 Å². The number of nitrogens with two attached hydrogens (primary N) is 2. The van der Waals surface area contributed by atoms with Gasteiger partial charge in [-0.05, 0) is 61.3 Å². The number of aryl methyl sites for hydroxylation is 2.